The molecule has 0 saturated carbocycles. The van der Waals surface area contributed by atoms with Crippen LogP contribution in [0.25, 0.3) is 0 Å². The fraction of sp³-hybridized carbons (Fsp3) is 0.720. The van der Waals surface area contributed by atoms with Crippen LogP contribution in [0, 0.1) is 5.92 Å². The summed E-state index contributed by atoms with van der Waals surface area (Å²) >= 11 is 1.62. The Morgan fingerprint density at radius 1 is 1.06 bits per heavy atom. The first-order valence-corrected chi connectivity index (χ1v) is 13.4. The zero-order valence-corrected chi connectivity index (χ0v) is 21.4. The van der Waals surface area contributed by atoms with Gasteiger partial charge in [0.05, 0.1) is 52.9 Å². The van der Waals surface area contributed by atoms with Crippen LogP contribution in [0.4, 0.5) is 0 Å². The molecule has 0 spiro atoms. The SMILES string of the molecule is CCO[C@@H]1OC(C(=O)N2CCOCCOCCOCCOCC2)=C[C@H](c2ccsc2)[C@@H]1CCCO. The highest BCUT2D eigenvalue weighted by atomic mass is 32.1. The molecule has 1 N–H and O–H groups in total. The van der Waals surface area contributed by atoms with E-state index in [1.54, 1.807) is 16.2 Å². The van der Waals surface area contributed by atoms with E-state index in [1.165, 1.54) is 0 Å². The minimum absolute atomic E-state index is 0.00263. The molecule has 3 rings (SSSR count). The standard InChI is InChI=1S/C25H39NO8S/c1-2-33-25-21(4-3-8-27)22(20-5-17-35-19-20)18-23(34-25)24(28)26-6-9-29-11-13-31-15-16-32-14-12-30-10-7-26/h5,17-19,21-22,25,27H,2-4,6-16H2,1H3/t21-,22+,25+/m0/s1. The summed E-state index contributed by atoms with van der Waals surface area (Å²) in [6, 6.07) is 2.07. The van der Waals surface area contributed by atoms with Crippen LogP contribution in [0.2, 0.25) is 0 Å². The highest BCUT2D eigenvalue weighted by molar-refractivity contribution is 7.08. The van der Waals surface area contributed by atoms with Crippen LogP contribution in [-0.4, -0.2) is 101 Å². The van der Waals surface area contributed by atoms with Crippen molar-refractivity contribution in [2.75, 3.05) is 79.2 Å². The van der Waals surface area contributed by atoms with E-state index in [9.17, 15) is 9.90 Å². The third kappa shape index (κ3) is 9.13. The Balaban J connectivity index is 1.75. The number of hydrogen-bond donors (Lipinski definition) is 1. The van der Waals surface area contributed by atoms with E-state index in [-0.39, 0.29) is 30.1 Å². The summed E-state index contributed by atoms with van der Waals surface area (Å²) in [5.74, 6) is 0.0363. The molecule has 1 amide bonds. The van der Waals surface area contributed by atoms with Crippen molar-refractivity contribution in [1.82, 2.24) is 4.90 Å². The number of rotatable bonds is 7. The molecule has 9 nitrogen and oxygen atoms in total. The van der Waals surface area contributed by atoms with Crippen LogP contribution in [-0.2, 0) is 33.2 Å². The highest BCUT2D eigenvalue weighted by Crippen LogP contribution is 2.40. The maximum atomic E-state index is 13.6. The number of nitrogens with zero attached hydrogens (tertiary/aromatic N) is 1. The largest absolute Gasteiger partial charge is 0.459 e. The quantitative estimate of drug-likeness (QED) is 0.594. The van der Waals surface area contributed by atoms with Gasteiger partial charge in [-0.25, -0.2) is 0 Å². The predicted molar refractivity (Wildman–Crippen MR) is 131 cm³/mol. The predicted octanol–water partition coefficient (Wildman–Crippen LogP) is 2.41. The number of allylic oxidation sites excluding steroid dienone is 1. The number of thiophene rings is 1. The number of amides is 1. The maximum absolute atomic E-state index is 13.6. The van der Waals surface area contributed by atoms with Gasteiger partial charge >= 0.3 is 0 Å². The van der Waals surface area contributed by atoms with Gasteiger partial charge in [-0.05, 0) is 48.2 Å². The highest BCUT2D eigenvalue weighted by Gasteiger charge is 2.38. The van der Waals surface area contributed by atoms with Crippen molar-refractivity contribution >= 4 is 17.2 Å². The van der Waals surface area contributed by atoms with Gasteiger partial charge < -0.3 is 38.4 Å². The summed E-state index contributed by atoms with van der Waals surface area (Å²) in [5, 5.41) is 13.6. The van der Waals surface area contributed by atoms with Gasteiger partial charge in [0.15, 0.2) is 5.76 Å². The van der Waals surface area contributed by atoms with Crippen molar-refractivity contribution < 1.29 is 38.3 Å². The second kappa shape index (κ2) is 16.3. The first-order valence-electron chi connectivity index (χ1n) is 12.5. The fourth-order valence-electron chi connectivity index (χ4n) is 4.18. The van der Waals surface area contributed by atoms with E-state index in [0.29, 0.717) is 79.0 Å². The summed E-state index contributed by atoms with van der Waals surface area (Å²) in [7, 11) is 0. The average Bonchev–Trinajstić information content (AvgIpc) is 3.40. The monoisotopic (exact) mass is 513 g/mol. The molecule has 35 heavy (non-hydrogen) atoms. The Kier molecular flexibility index (Phi) is 13.0. The summed E-state index contributed by atoms with van der Waals surface area (Å²) in [4.78, 5) is 15.3. The molecule has 1 fully saturated rings. The van der Waals surface area contributed by atoms with Crippen LogP contribution in [0.3, 0.4) is 0 Å². The first kappa shape index (κ1) is 28.0. The van der Waals surface area contributed by atoms with Crippen molar-refractivity contribution in [3.8, 4) is 0 Å². The van der Waals surface area contributed by atoms with Gasteiger partial charge in [-0.15, -0.1) is 0 Å². The third-order valence-corrected chi connectivity index (χ3v) is 6.67. The van der Waals surface area contributed by atoms with Crippen LogP contribution in [0.15, 0.2) is 28.7 Å². The first-order chi connectivity index (χ1) is 17.2. The average molecular weight is 514 g/mol. The second-order valence-corrected chi connectivity index (χ2v) is 9.11. The number of ether oxygens (including phenoxy) is 6. The van der Waals surface area contributed by atoms with Gasteiger partial charge in [-0.2, -0.15) is 11.3 Å². The Labute approximate surface area is 211 Å². The van der Waals surface area contributed by atoms with Gasteiger partial charge in [-0.3, -0.25) is 4.79 Å². The molecule has 0 aromatic carbocycles. The number of aliphatic hydroxyl groups excluding tert-OH is 1. The van der Waals surface area contributed by atoms with Crippen LogP contribution in [0.1, 0.15) is 31.2 Å². The maximum Gasteiger partial charge on any atom is 0.288 e. The third-order valence-electron chi connectivity index (χ3n) is 5.96. The minimum atomic E-state index is -0.564. The van der Waals surface area contributed by atoms with Gasteiger partial charge in [0.2, 0.25) is 6.29 Å². The van der Waals surface area contributed by atoms with Gasteiger partial charge in [0.25, 0.3) is 5.91 Å². The van der Waals surface area contributed by atoms with E-state index in [0.717, 1.165) is 12.0 Å². The molecule has 3 atom stereocenters. The smallest absolute Gasteiger partial charge is 0.288 e. The van der Waals surface area contributed by atoms with Gasteiger partial charge in [0, 0.05) is 38.1 Å². The van der Waals surface area contributed by atoms with E-state index in [2.05, 4.69) is 11.4 Å². The normalized spacial score (nSPS) is 25.7. The van der Waals surface area contributed by atoms with Crippen LogP contribution in [0.5, 0.6) is 0 Å². The lowest BCUT2D eigenvalue weighted by molar-refractivity contribution is -0.170. The molecule has 1 saturated heterocycles. The van der Waals surface area contributed by atoms with Crippen molar-refractivity contribution in [3.63, 3.8) is 0 Å². The van der Waals surface area contributed by atoms with Crippen LogP contribution < -0.4 is 0 Å². The Morgan fingerprint density at radius 3 is 2.23 bits per heavy atom. The Hall–Kier alpha value is -1.53. The fourth-order valence-corrected chi connectivity index (χ4v) is 4.89. The summed E-state index contributed by atoms with van der Waals surface area (Å²) in [6.07, 6.45) is 2.73. The summed E-state index contributed by atoms with van der Waals surface area (Å²) in [5.41, 5.74) is 1.12. The minimum Gasteiger partial charge on any atom is -0.459 e. The topological polar surface area (TPSA) is 95.9 Å². The molecular weight excluding hydrogens is 474 g/mol. The zero-order chi connectivity index (χ0) is 24.7. The zero-order valence-electron chi connectivity index (χ0n) is 20.6. The van der Waals surface area contributed by atoms with Gasteiger partial charge in [0.1, 0.15) is 0 Å². The molecule has 3 heterocycles. The summed E-state index contributed by atoms with van der Waals surface area (Å²) in [6.45, 7) is 7.00. The van der Waals surface area contributed by atoms with E-state index in [4.69, 9.17) is 28.4 Å². The molecular formula is C25H39NO8S. The number of aliphatic hydroxyl groups is 1. The lowest BCUT2D eigenvalue weighted by Crippen LogP contribution is -2.42. The molecule has 0 bridgehead atoms. The number of hydrogen-bond acceptors (Lipinski definition) is 9. The Morgan fingerprint density at radius 2 is 1.69 bits per heavy atom. The molecule has 198 valence electrons. The van der Waals surface area contributed by atoms with Crippen LogP contribution >= 0.6 is 11.3 Å². The van der Waals surface area contributed by atoms with E-state index in [1.807, 2.05) is 18.4 Å². The van der Waals surface area contributed by atoms with Crippen molar-refractivity contribution in [1.29, 1.82) is 0 Å². The number of carbonyl (C=O) groups excluding carboxylic acids is 1. The van der Waals surface area contributed by atoms with E-state index >= 15 is 0 Å². The Bertz CT molecular complexity index is 728. The molecule has 0 aliphatic carbocycles. The van der Waals surface area contributed by atoms with Crippen molar-refractivity contribution in [2.24, 2.45) is 5.92 Å². The molecule has 1 aromatic heterocycles. The lowest BCUT2D eigenvalue weighted by atomic mass is 9.81. The molecule has 0 radical (unpaired) electrons. The van der Waals surface area contributed by atoms with Crippen molar-refractivity contribution in [2.45, 2.75) is 32.0 Å². The molecule has 1 aromatic rings. The molecule has 2 aliphatic heterocycles. The van der Waals surface area contributed by atoms with E-state index < -0.39 is 6.29 Å². The van der Waals surface area contributed by atoms with Crippen molar-refractivity contribution in [3.05, 3.63) is 34.2 Å². The molecule has 10 heteroatoms. The molecule has 2 aliphatic rings. The van der Waals surface area contributed by atoms with Gasteiger partial charge in [-0.1, -0.05) is 0 Å². The lowest BCUT2D eigenvalue weighted by Gasteiger charge is -2.37. The summed E-state index contributed by atoms with van der Waals surface area (Å²) < 4.78 is 34.4. The number of carbonyl (C=O) groups is 1. The second-order valence-electron chi connectivity index (χ2n) is 8.33. The molecule has 0 unspecified atom stereocenters.